The van der Waals surface area contributed by atoms with E-state index in [1.807, 2.05) is 0 Å². The molecule has 0 radical (unpaired) electrons. The molecule has 1 aromatic rings. The van der Waals surface area contributed by atoms with E-state index >= 15 is 0 Å². The van der Waals surface area contributed by atoms with Gasteiger partial charge in [0, 0.05) is 30.5 Å². The fourth-order valence-electron chi connectivity index (χ4n) is 1.88. The van der Waals surface area contributed by atoms with Crippen molar-refractivity contribution in [3.63, 3.8) is 0 Å². The largest absolute Gasteiger partial charge is 0.385 e. The number of nitrogen functional groups attached to an aromatic ring is 1. The standard InChI is InChI=1S/C9H11N7OS/c10-6-2-7(14-9(18)13-6)16-4-5(1-8(16)17)3-12-15-11/h2,5H,1,3-4H2,(H3,10,13,14,18). The van der Waals surface area contributed by atoms with Crippen molar-refractivity contribution < 1.29 is 4.79 Å². The van der Waals surface area contributed by atoms with Gasteiger partial charge >= 0.3 is 0 Å². The Morgan fingerprint density at radius 2 is 2.56 bits per heavy atom. The number of carbonyl (C=O) groups excluding carboxylic acids is 1. The summed E-state index contributed by atoms with van der Waals surface area (Å²) >= 11 is 4.91. The van der Waals surface area contributed by atoms with Crippen molar-refractivity contribution >= 4 is 29.8 Å². The van der Waals surface area contributed by atoms with Crippen LogP contribution in [0.5, 0.6) is 0 Å². The van der Waals surface area contributed by atoms with Crippen molar-refractivity contribution in [3.8, 4) is 0 Å². The lowest BCUT2D eigenvalue weighted by Gasteiger charge is -2.15. The first-order chi connectivity index (χ1) is 8.60. The molecule has 1 aliphatic rings. The van der Waals surface area contributed by atoms with Gasteiger partial charge in [-0.3, -0.25) is 9.69 Å². The molecule has 3 N–H and O–H groups in total. The number of aromatic nitrogens is 2. The predicted molar refractivity (Wildman–Crippen MR) is 68.3 cm³/mol. The Morgan fingerprint density at radius 1 is 1.78 bits per heavy atom. The molecule has 1 amide bonds. The lowest BCUT2D eigenvalue weighted by Crippen LogP contribution is -2.26. The molecule has 0 aliphatic carbocycles. The van der Waals surface area contributed by atoms with Crippen molar-refractivity contribution in [2.75, 3.05) is 23.7 Å². The molecule has 2 heterocycles. The molecule has 9 heteroatoms. The molecule has 1 aromatic heterocycles. The molecule has 0 spiro atoms. The molecule has 0 aromatic carbocycles. The number of nitrogens with one attached hydrogen (secondary N) is 1. The van der Waals surface area contributed by atoms with E-state index in [1.165, 1.54) is 4.90 Å². The van der Waals surface area contributed by atoms with Crippen LogP contribution in [0.4, 0.5) is 11.6 Å². The summed E-state index contributed by atoms with van der Waals surface area (Å²) < 4.78 is 0.233. The van der Waals surface area contributed by atoms with Gasteiger partial charge in [0.25, 0.3) is 0 Å². The maximum Gasteiger partial charge on any atom is 0.228 e. The van der Waals surface area contributed by atoms with Crippen LogP contribution in [0.15, 0.2) is 11.2 Å². The van der Waals surface area contributed by atoms with Gasteiger partial charge in [-0.1, -0.05) is 5.11 Å². The number of azide groups is 1. The van der Waals surface area contributed by atoms with E-state index in [-0.39, 0.29) is 16.6 Å². The van der Waals surface area contributed by atoms with E-state index in [1.54, 1.807) is 6.07 Å². The Kier molecular flexibility index (Phi) is 3.45. The van der Waals surface area contributed by atoms with Crippen LogP contribution in [-0.2, 0) is 4.79 Å². The molecular weight excluding hydrogens is 254 g/mol. The van der Waals surface area contributed by atoms with E-state index in [9.17, 15) is 4.79 Å². The quantitative estimate of drug-likeness (QED) is 0.371. The minimum Gasteiger partial charge on any atom is -0.385 e. The average molecular weight is 265 g/mol. The highest BCUT2D eigenvalue weighted by atomic mass is 32.1. The summed E-state index contributed by atoms with van der Waals surface area (Å²) in [4.78, 5) is 22.8. The first-order valence-corrected chi connectivity index (χ1v) is 5.69. The topological polar surface area (TPSA) is 124 Å². The van der Waals surface area contributed by atoms with Crippen LogP contribution < -0.4 is 10.6 Å². The Bertz CT molecular complexity index is 577. The molecule has 2 rings (SSSR count). The summed E-state index contributed by atoms with van der Waals surface area (Å²) in [5, 5.41) is 3.48. The smallest absolute Gasteiger partial charge is 0.228 e. The van der Waals surface area contributed by atoms with Crippen LogP contribution in [0.2, 0.25) is 0 Å². The maximum absolute atomic E-state index is 11.8. The summed E-state index contributed by atoms with van der Waals surface area (Å²) in [7, 11) is 0. The van der Waals surface area contributed by atoms with Crippen molar-refractivity contribution in [1.82, 2.24) is 9.97 Å². The highest BCUT2D eigenvalue weighted by Crippen LogP contribution is 2.24. The van der Waals surface area contributed by atoms with Gasteiger partial charge in [-0.2, -0.15) is 0 Å². The van der Waals surface area contributed by atoms with Gasteiger partial charge < -0.3 is 10.7 Å². The third kappa shape index (κ3) is 2.58. The number of nitrogens with two attached hydrogens (primary N) is 1. The van der Waals surface area contributed by atoms with Crippen LogP contribution >= 0.6 is 12.2 Å². The van der Waals surface area contributed by atoms with Crippen molar-refractivity contribution in [3.05, 3.63) is 21.3 Å². The first kappa shape index (κ1) is 12.3. The summed E-state index contributed by atoms with van der Waals surface area (Å²) in [5.74, 6) is 0.732. The molecule has 0 bridgehead atoms. The number of rotatable bonds is 3. The maximum atomic E-state index is 11.8. The van der Waals surface area contributed by atoms with Crippen LogP contribution in [0.1, 0.15) is 6.42 Å². The minimum absolute atomic E-state index is 0.00850. The van der Waals surface area contributed by atoms with Crippen LogP contribution in [-0.4, -0.2) is 29.0 Å². The van der Waals surface area contributed by atoms with Crippen LogP contribution in [0.25, 0.3) is 10.4 Å². The zero-order valence-electron chi connectivity index (χ0n) is 9.41. The first-order valence-electron chi connectivity index (χ1n) is 5.28. The van der Waals surface area contributed by atoms with Crippen molar-refractivity contribution in [2.24, 2.45) is 11.0 Å². The van der Waals surface area contributed by atoms with Crippen LogP contribution in [0.3, 0.4) is 0 Å². The number of amides is 1. The van der Waals surface area contributed by atoms with Gasteiger partial charge in [0.15, 0.2) is 4.77 Å². The second kappa shape index (κ2) is 5.03. The highest BCUT2D eigenvalue weighted by Gasteiger charge is 2.31. The van der Waals surface area contributed by atoms with Crippen molar-refractivity contribution in [2.45, 2.75) is 6.42 Å². The number of hydrogen-bond acceptors (Lipinski definition) is 5. The zero-order chi connectivity index (χ0) is 13.1. The zero-order valence-corrected chi connectivity index (χ0v) is 10.2. The molecule has 1 unspecified atom stereocenters. The summed E-state index contributed by atoms with van der Waals surface area (Å²) in [6.45, 7) is 0.761. The minimum atomic E-state index is -0.0689. The SMILES string of the molecule is [N-]=[N+]=NCC1CC(=O)N(c2cc(N)[nH]c(=S)n2)C1. The Balaban J connectivity index is 2.21. The molecular formula is C9H11N7OS. The fourth-order valence-corrected chi connectivity index (χ4v) is 2.09. The highest BCUT2D eigenvalue weighted by molar-refractivity contribution is 7.71. The Morgan fingerprint density at radius 3 is 3.22 bits per heavy atom. The predicted octanol–water partition coefficient (Wildman–Crippen LogP) is 1.38. The number of carbonyl (C=O) groups is 1. The molecule has 8 nitrogen and oxygen atoms in total. The Labute approximate surface area is 107 Å². The Hall–Kier alpha value is -2.12. The van der Waals surface area contributed by atoms with Crippen LogP contribution in [0, 0.1) is 10.7 Å². The van der Waals surface area contributed by atoms with E-state index < -0.39 is 0 Å². The summed E-state index contributed by atoms with van der Waals surface area (Å²) in [6, 6.07) is 1.56. The molecule has 1 atom stereocenters. The number of hydrogen-bond donors (Lipinski definition) is 2. The molecule has 18 heavy (non-hydrogen) atoms. The normalized spacial score (nSPS) is 18.8. The molecule has 94 valence electrons. The van der Waals surface area contributed by atoms with E-state index in [0.717, 1.165) is 0 Å². The second-order valence-corrected chi connectivity index (χ2v) is 4.37. The number of aromatic amines is 1. The number of anilines is 2. The van der Waals surface area contributed by atoms with E-state index in [0.29, 0.717) is 31.1 Å². The third-order valence-electron chi connectivity index (χ3n) is 2.64. The molecule has 1 aliphatic heterocycles. The van der Waals surface area contributed by atoms with Gasteiger partial charge in [-0.25, -0.2) is 4.98 Å². The van der Waals surface area contributed by atoms with E-state index in [4.69, 9.17) is 23.5 Å². The van der Waals surface area contributed by atoms with Gasteiger partial charge in [0.1, 0.15) is 11.6 Å². The van der Waals surface area contributed by atoms with Gasteiger partial charge in [-0.05, 0) is 23.7 Å². The monoisotopic (exact) mass is 265 g/mol. The number of H-pyrrole nitrogens is 1. The lowest BCUT2D eigenvalue weighted by molar-refractivity contribution is -0.117. The average Bonchev–Trinajstić information content (AvgIpc) is 2.66. The molecule has 0 saturated carbocycles. The van der Waals surface area contributed by atoms with E-state index in [2.05, 4.69) is 20.0 Å². The molecule has 1 saturated heterocycles. The lowest BCUT2D eigenvalue weighted by atomic mass is 10.1. The second-order valence-electron chi connectivity index (χ2n) is 3.99. The van der Waals surface area contributed by atoms with Gasteiger partial charge in [-0.15, -0.1) is 0 Å². The summed E-state index contributed by atoms with van der Waals surface area (Å²) in [5.41, 5.74) is 13.9. The summed E-state index contributed by atoms with van der Waals surface area (Å²) in [6.07, 6.45) is 0.339. The van der Waals surface area contributed by atoms with Crippen molar-refractivity contribution in [1.29, 1.82) is 0 Å². The number of nitrogens with zero attached hydrogens (tertiary/aromatic N) is 5. The third-order valence-corrected chi connectivity index (χ3v) is 2.83. The molecule has 1 fully saturated rings. The fraction of sp³-hybridized carbons (Fsp3) is 0.444. The van der Waals surface area contributed by atoms with Gasteiger partial charge in [0.05, 0.1) is 0 Å². The van der Waals surface area contributed by atoms with Gasteiger partial charge in [0.2, 0.25) is 5.91 Å².